The molecular weight excluding hydrogens is 592 g/mol. The zero-order chi connectivity index (χ0) is 34.1. The van der Waals surface area contributed by atoms with E-state index in [4.69, 9.17) is 14.2 Å². The molecule has 14 unspecified atom stereocenters. The third-order valence-electron chi connectivity index (χ3n) is 16.0. The van der Waals surface area contributed by atoms with E-state index in [-0.39, 0.29) is 57.1 Å². The highest BCUT2D eigenvalue weighted by molar-refractivity contribution is 5.89. The summed E-state index contributed by atoms with van der Waals surface area (Å²) in [6.45, 7) is 19.0. The normalized spacial score (nSPS) is 48.4. The van der Waals surface area contributed by atoms with Gasteiger partial charge in [0, 0.05) is 17.8 Å². The molecular formula is C40H58O7. The molecule has 2 spiro atoms. The molecule has 0 bridgehead atoms. The van der Waals surface area contributed by atoms with Crippen molar-refractivity contribution < 1.29 is 34.0 Å². The summed E-state index contributed by atoms with van der Waals surface area (Å²) in [6, 6.07) is 9.36. The number of carbonyl (C=O) groups excluding carboxylic acids is 2. The van der Waals surface area contributed by atoms with Crippen molar-refractivity contribution in [2.75, 3.05) is 0 Å². The van der Waals surface area contributed by atoms with Gasteiger partial charge in [0.05, 0.1) is 29.5 Å². The Bertz CT molecular complexity index is 1420. The number of hydrogen-bond acceptors (Lipinski definition) is 7. The van der Waals surface area contributed by atoms with Crippen molar-refractivity contribution in [1.82, 2.24) is 0 Å². The molecule has 1 aromatic carbocycles. The van der Waals surface area contributed by atoms with Crippen molar-refractivity contribution in [2.24, 2.45) is 56.7 Å². The lowest BCUT2D eigenvalue weighted by atomic mass is 9.41. The van der Waals surface area contributed by atoms with Gasteiger partial charge in [0.1, 0.15) is 6.10 Å². The molecule has 2 N–H and O–H groups in total. The van der Waals surface area contributed by atoms with Crippen molar-refractivity contribution in [3.8, 4) is 0 Å². The van der Waals surface area contributed by atoms with Crippen LogP contribution < -0.4 is 0 Å². The smallest absolute Gasteiger partial charge is 0.338 e. The zero-order valence-corrected chi connectivity index (χ0v) is 30.0. The molecule has 6 aliphatic rings. The first kappa shape index (κ1) is 33.5. The van der Waals surface area contributed by atoms with E-state index < -0.39 is 29.9 Å². The van der Waals surface area contributed by atoms with E-state index in [0.717, 1.165) is 38.5 Å². The van der Waals surface area contributed by atoms with Crippen LogP contribution in [0.4, 0.5) is 0 Å². The van der Waals surface area contributed by atoms with Crippen molar-refractivity contribution in [2.45, 2.75) is 143 Å². The predicted octanol–water partition coefficient (Wildman–Crippen LogP) is 6.97. The van der Waals surface area contributed by atoms with Gasteiger partial charge in [-0.1, -0.05) is 59.7 Å². The lowest BCUT2D eigenvalue weighted by molar-refractivity contribution is -0.216. The number of ether oxygens (including phenoxy) is 3. The molecule has 1 aliphatic heterocycles. The van der Waals surface area contributed by atoms with Crippen molar-refractivity contribution >= 4 is 11.9 Å². The van der Waals surface area contributed by atoms with Crippen LogP contribution >= 0.6 is 0 Å². The third kappa shape index (κ3) is 4.21. The highest BCUT2D eigenvalue weighted by atomic mass is 16.6. The summed E-state index contributed by atoms with van der Waals surface area (Å²) in [4.78, 5) is 25.3. The van der Waals surface area contributed by atoms with Gasteiger partial charge < -0.3 is 24.4 Å². The van der Waals surface area contributed by atoms with Gasteiger partial charge in [-0.3, -0.25) is 4.79 Å². The molecule has 260 valence electrons. The molecule has 5 aliphatic carbocycles. The van der Waals surface area contributed by atoms with Crippen molar-refractivity contribution in [3.63, 3.8) is 0 Å². The highest BCUT2D eigenvalue weighted by Gasteiger charge is 2.88. The molecule has 14 atom stereocenters. The Labute approximate surface area is 281 Å². The average Bonchev–Trinajstić information content (AvgIpc) is 3.47. The van der Waals surface area contributed by atoms with Gasteiger partial charge in [-0.15, -0.1) is 0 Å². The zero-order valence-electron chi connectivity index (χ0n) is 30.0. The van der Waals surface area contributed by atoms with E-state index in [2.05, 4.69) is 41.5 Å². The second-order valence-electron chi connectivity index (χ2n) is 18.3. The second kappa shape index (κ2) is 10.5. The molecule has 0 radical (unpaired) electrons. The minimum atomic E-state index is -1.27. The molecule has 1 heterocycles. The van der Waals surface area contributed by atoms with Gasteiger partial charge in [-0.05, 0) is 117 Å². The number of aliphatic hydroxyl groups excluding tert-OH is 1. The van der Waals surface area contributed by atoms with E-state index in [1.807, 2.05) is 30.3 Å². The molecule has 0 amide bonds. The first-order valence-electron chi connectivity index (χ1n) is 18.4. The van der Waals surface area contributed by atoms with E-state index in [9.17, 15) is 19.8 Å². The highest BCUT2D eigenvalue weighted by Crippen LogP contribution is 2.91. The number of aliphatic hydroxyl groups is 2. The van der Waals surface area contributed by atoms with Crippen LogP contribution in [0.1, 0.15) is 118 Å². The summed E-state index contributed by atoms with van der Waals surface area (Å²) in [5.74, 6) is 1.13. The van der Waals surface area contributed by atoms with Gasteiger partial charge in [0.2, 0.25) is 0 Å². The van der Waals surface area contributed by atoms with Crippen LogP contribution in [0, 0.1) is 56.7 Å². The molecule has 7 nitrogen and oxygen atoms in total. The fourth-order valence-corrected chi connectivity index (χ4v) is 14.1. The molecule has 1 aromatic rings. The van der Waals surface area contributed by atoms with Crippen LogP contribution in [-0.4, -0.2) is 58.3 Å². The lowest BCUT2D eigenvalue weighted by Crippen LogP contribution is -2.60. The summed E-state index contributed by atoms with van der Waals surface area (Å²) in [5.41, 5.74) is -0.907. The molecule has 1 saturated heterocycles. The van der Waals surface area contributed by atoms with Crippen molar-refractivity contribution in [3.05, 3.63) is 35.9 Å². The number of rotatable bonds is 5. The molecule has 7 rings (SSSR count). The summed E-state index contributed by atoms with van der Waals surface area (Å²) in [7, 11) is 0. The number of fused-ring (bicyclic) bond motifs is 4. The van der Waals surface area contributed by atoms with Crippen LogP contribution in [0.2, 0.25) is 0 Å². The minimum Gasteiger partial charge on any atom is -0.458 e. The second-order valence-corrected chi connectivity index (χ2v) is 18.3. The van der Waals surface area contributed by atoms with Gasteiger partial charge >= 0.3 is 11.9 Å². The average molecular weight is 651 g/mol. The fourth-order valence-electron chi connectivity index (χ4n) is 14.1. The summed E-state index contributed by atoms with van der Waals surface area (Å²) in [5, 5.41) is 23.6. The van der Waals surface area contributed by atoms with Gasteiger partial charge in [-0.2, -0.15) is 0 Å². The molecule has 0 aromatic heterocycles. The van der Waals surface area contributed by atoms with Gasteiger partial charge in [-0.25, -0.2) is 4.79 Å². The van der Waals surface area contributed by atoms with Crippen LogP contribution in [0.3, 0.4) is 0 Å². The number of hydrogen-bond donors (Lipinski definition) is 2. The topological polar surface area (TPSA) is 102 Å². The summed E-state index contributed by atoms with van der Waals surface area (Å²) in [6.07, 6.45) is 4.53. The molecule has 5 saturated carbocycles. The standard InChI is InChI=1S/C40H58O7/c1-22-21-26(33(36(6,7)44)45-24(3)41)46-31-30(22)37(8)19-20-40-23(2)39(40)18-17-29(47-34(43)25-13-11-10-12-14-25)35(4,5)27(39)15-16-28(40)38(37,9)32(31)42/h10-14,22-23,26-33,42,44H,15-21H2,1-9H3. The maximum atomic E-state index is 13.2. The Morgan fingerprint density at radius 1 is 0.957 bits per heavy atom. The first-order valence-corrected chi connectivity index (χ1v) is 18.4. The van der Waals surface area contributed by atoms with E-state index in [1.165, 1.54) is 6.92 Å². The lowest BCUT2D eigenvalue weighted by Gasteiger charge is -2.63. The van der Waals surface area contributed by atoms with E-state index in [1.54, 1.807) is 13.8 Å². The summed E-state index contributed by atoms with van der Waals surface area (Å²) < 4.78 is 18.8. The maximum absolute atomic E-state index is 13.2. The van der Waals surface area contributed by atoms with Crippen LogP contribution in [0.15, 0.2) is 30.3 Å². The molecule has 6 fully saturated rings. The third-order valence-corrected chi connectivity index (χ3v) is 16.0. The van der Waals surface area contributed by atoms with Crippen LogP contribution in [-0.2, 0) is 19.0 Å². The minimum absolute atomic E-state index is 0.0999. The van der Waals surface area contributed by atoms with Crippen molar-refractivity contribution in [1.29, 1.82) is 0 Å². The van der Waals surface area contributed by atoms with Crippen LogP contribution in [0.5, 0.6) is 0 Å². The number of esters is 2. The Balaban J connectivity index is 1.18. The van der Waals surface area contributed by atoms with Gasteiger partial charge in [0.15, 0.2) is 6.10 Å². The predicted molar refractivity (Wildman–Crippen MR) is 178 cm³/mol. The first-order chi connectivity index (χ1) is 21.9. The number of benzene rings is 1. The summed E-state index contributed by atoms with van der Waals surface area (Å²) >= 11 is 0. The van der Waals surface area contributed by atoms with Gasteiger partial charge in [0.25, 0.3) is 0 Å². The Morgan fingerprint density at radius 3 is 2.23 bits per heavy atom. The monoisotopic (exact) mass is 650 g/mol. The SMILES string of the molecule is CC(=O)OC(C1CC(C)C2C(O1)C(O)C1(C)C3CCC4C(C)(C)C(OC(=O)c5ccccc5)CCC45C(C)C35CCC21C)C(C)(C)O. The molecule has 7 heteroatoms. The van der Waals surface area contributed by atoms with E-state index in [0.29, 0.717) is 29.7 Å². The largest absolute Gasteiger partial charge is 0.458 e. The Morgan fingerprint density at radius 2 is 1.60 bits per heavy atom. The Kier molecular flexibility index (Phi) is 7.51. The Hall–Kier alpha value is -1.96. The van der Waals surface area contributed by atoms with Crippen LogP contribution in [0.25, 0.3) is 0 Å². The number of carbonyl (C=O) groups is 2. The van der Waals surface area contributed by atoms with E-state index >= 15 is 0 Å². The maximum Gasteiger partial charge on any atom is 0.338 e. The fraction of sp³-hybridized carbons (Fsp3) is 0.800. The quantitative estimate of drug-likeness (QED) is 0.332. The molecule has 47 heavy (non-hydrogen) atoms.